The van der Waals surface area contributed by atoms with Gasteiger partial charge >= 0.3 is 0 Å². The number of halogens is 1. The molecule has 2 aromatic heterocycles. The van der Waals surface area contributed by atoms with Gasteiger partial charge in [0.15, 0.2) is 11.5 Å². The van der Waals surface area contributed by atoms with Crippen molar-refractivity contribution in [2.24, 2.45) is 0 Å². The van der Waals surface area contributed by atoms with E-state index in [0.717, 1.165) is 5.56 Å². The van der Waals surface area contributed by atoms with Crippen LogP contribution in [0.2, 0.25) is 0 Å². The molecule has 0 radical (unpaired) electrons. The summed E-state index contributed by atoms with van der Waals surface area (Å²) >= 11 is 0. The Kier molecular flexibility index (Phi) is 5.05. The van der Waals surface area contributed by atoms with Crippen LogP contribution in [0, 0.1) is 17.1 Å². The Morgan fingerprint density at radius 3 is 2.81 bits per heavy atom. The van der Waals surface area contributed by atoms with E-state index < -0.39 is 17.1 Å². The largest absolute Gasteiger partial charge is 0.340 e. The van der Waals surface area contributed by atoms with Crippen LogP contribution >= 0.6 is 0 Å². The number of nitrogens with zero attached hydrogens (tertiary/aromatic N) is 4. The number of nitriles is 1. The van der Waals surface area contributed by atoms with Crippen molar-refractivity contribution in [2.45, 2.75) is 19.3 Å². The third-order valence-corrected chi connectivity index (χ3v) is 4.83. The number of aromatic amines is 1. The van der Waals surface area contributed by atoms with Crippen molar-refractivity contribution in [3.05, 3.63) is 72.1 Å². The molecule has 0 aliphatic heterocycles. The summed E-state index contributed by atoms with van der Waals surface area (Å²) < 4.78 is 14.4. The molecule has 0 unspecified atom stereocenters. The SMILES string of the molecule is CC(C)(C#N)c1cccc(NC(=O)c2ccc(F)c(Nc3ncnc4nc[nH]c34)c2)c1. The second kappa shape index (κ2) is 7.84. The fourth-order valence-corrected chi connectivity index (χ4v) is 3.00. The molecule has 8 nitrogen and oxygen atoms in total. The van der Waals surface area contributed by atoms with E-state index in [1.54, 1.807) is 32.0 Å². The lowest BCUT2D eigenvalue weighted by Gasteiger charge is -2.17. The van der Waals surface area contributed by atoms with E-state index in [9.17, 15) is 14.4 Å². The van der Waals surface area contributed by atoms with Crippen LogP contribution in [-0.4, -0.2) is 25.8 Å². The molecular formula is C22H18FN7O. The molecule has 3 N–H and O–H groups in total. The normalized spacial score (nSPS) is 11.2. The zero-order valence-electron chi connectivity index (χ0n) is 16.8. The molecule has 2 heterocycles. The standard InChI is InChI=1S/C22H18FN7O/c1-22(2,10-24)14-4-3-5-15(9-14)29-21(31)13-6-7-16(23)17(8-13)30-20-18-19(26-11-25-18)27-12-28-20/h3-9,11-12H,1-2H3,(H,29,31)(H2,25,26,27,28,30). The van der Waals surface area contributed by atoms with Gasteiger partial charge in [-0.05, 0) is 49.7 Å². The Morgan fingerprint density at radius 1 is 1.16 bits per heavy atom. The summed E-state index contributed by atoms with van der Waals surface area (Å²) in [6.07, 6.45) is 2.78. The summed E-state index contributed by atoms with van der Waals surface area (Å²) in [6.45, 7) is 3.60. The zero-order chi connectivity index (χ0) is 22.0. The predicted molar refractivity (Wildman–Crippen MR) is 114 cm³/mol. The summed E-state index contributed by atoms with van der Waals surface area (Å²) in [5.41, 5.74) is 1.93. The number of anilines is 3. The molecule has 4 rings (SSSR count). The van der Waals surface area contributed by atoms with E-state index in [-0.39, 0.29) is 11.3 Å². The Morgan fingerprint density at radius 2 is 2.00 bits per heavy atom. The van der Waals surface area contributed by atoms with Gasteiger partial charge in [0.2, 0.25) is 0 Å². The van der Waals surface area contributed by atoms with Crippen LogP contribution < -0.4 is 10.6 Å². The van der Waals surface area contributed by atoms with Crippen molar-refractivity contribution in [1.29, 1.82) is 5.26 Å². The molecule has 0 saturated heterocycles. The van der Waals surface area contributed by atoms with Crippen LogP contribution in [0.4, 0.5) is 21.6 Å². The average Bonchev–Trinajstić information content (AvgIpc) is 3.25. The van der Waals surface area contributed by atoms with E-state index in [2.05, 4.69) is 36.6 Å². The number of amides is 1. The molecule has 154 valence electrons. The average molecular weight is 415 g/mol. The van der Waals surface area contributed by atoms with Crippen LogP contribution in [-0.2, 0) is 5.41 Å². The predicted octanol–water partition coefficient (Wildman–Crippen LogP) is 4.29. The third kappa shape index (κ3) is 4.04. The molecule has 0 saturated carbocycles. The number of aromatic nitrogens is 4. The van der Waals surface area contributed by atoms with E-state index in [0.29, 0.717) is 22.7 Å². The number of carbonyl (C=O) groups excluding carboxylic acids is 1. The molecule has 4 aromatic rings. The monoisotopic (exact) mass is 415 g/mol. The van der Waals surface area contributed by atoms with Gasteiger partial charge in [0, 0.05) is 11.3 Å². The number of imidazole rings is 1. The minimum Gasteiger partial charge on any atom is -0.340 e. The molecule has 9 heteroatoms. The van der Waals surface area contributed by atoms with Gasteiger partial charge in [-0.1, -0.05) is 12.1 Å². The second-order valence-electron chi connectivity index (χ2n) is 7.41. The Hall–Kier alpha value is -4.32. The van der Waals surface area contributed by atoms with Crippen molar-refractivity contribution in [1.82, 2.24) is 19.9 Å². The Bertz CT molecular complexity index is 1320. The molecule has 0 bridgehead atoms. The number of benzene rings is 2. The minimum atomic E-state index is -0.691. The van der Waals surface area contributed by atoms with E-state index in [4.69, 9.17) is 0 Å². The van der Waals surface area contributed by atoms with Crippen molar-refractivity contribution >= 4 is 34.3 Å². The molecular weight excluding hydrogens is 397 g/mol. The highest BCUT2D eigenvalue weighted by Gasteiger charge is 2.20. The van der Waals surface area contributed by atoms with Gasteiger partial charge in [-0.15, -0.1) is 0 Å². The summed E-state index contributed by atoms with van der Waals surface area (Å²) in [5.74, 6) is -0.615. The van der Waals surface area contributed by atoms with E-state index >= 15 is 0 Å². The maximum Gasteiger partial charge on any atom is 0.255 e. The van der Waals surface area contributed by atoms with Crippen LogP contribution in [0.25, 0.3) is 11.2 Å². The van der Waals surface area contributed by atoms with Crippen molar-refractivity contribution < 1.29 is 9.18 Å². The number of hydrogen-bond acceptors (Lipinski definition) is 6. The summed E-state index contributed by atoms with van der Waals surface area (Å²) in [7, 11) is 0. The fraction of sp³-hybridized carbons (Fsp3) is 0.136. The van der Waals surface area contributed by atoms with Gasteiger partial charge < -0.3 is 15.6 Å². The molecule has 31 heavy (non-hydrogen) atoms. The maximum absolute atomic E-state index is 14.4. The van der Waals surface area contributed by atoms with Crippen molar-refractivity contribution in [3.63, 3.8) is 0 Å². The van der Waals surface area contributed by atoms with Gasteiger partial charge in [-0.3, -0.25) is 4.79 Å². The summed E-state index contributed by atoms with van der Waals surface area (Å²) in [5, 5.41) is 15.0. The summed E-state index contributed by atoms with van der Waals surface area (Å²) in [6, 6.07) is 13.3. The van der Waals surface area contributed by atoms with Crippen LogP contribution in [0.5, 0.6) is 0 Å². The number of rotatable bonds is 5. The Labute approximate surface area is 177 Å². The first-order valence-electron chi connectivity index (χ1n) is 9.41. The fourth-order valence-electron chi connectivity index (χ4n) is 3.00. The first-order valence-corrected chi connectivity index (χ1v) is 9.41. The van der Waals surface area contributed by atoms with Gasteiger partial charge in [-0.2, -0.15) is 5.26 Å². The van der Waals surface area contributed by atoms with Gasteiger partial charge in [-0.25, -0.2) is 19.3 Å². The number of hydrogen-bond donors (Lipinski definition) is 3. The number of carbonyl (C=O) groups is 1. The van der Waals surface area contributed by atoms with Gasteiger partial charge in [0.1, 0.15) is 17.7 Å². The number of nitrogens with one attached hydrogen (secondary N) is 3. The number of fused-ring (bicyclic) bond motifs is 1. The lowest BCUT2D eigenvalue weighted by atomic mass is 9.86. The smallest absolute Gasteiger partial charge is 0.255 e. The minimum absolute atomic E-state index is 0.0848. The van der Waals surface area contributed by atoms with Crippen molar-refractivity contribution in [2.75, 3.05) is 10.6 Å². The van der Waals surface area contributed by atoms with Crippen LogP contribution in [0.3, 0.4) is 0 Å². The quantitative estimate of drug-likeness (QED) is 0.447. The highest BCUT2D eigenvalue weighted by Crippen LogP contribution is 2.26. The maximum atomic E-state index is 14.4. The van der Waals surface area contributed by atoms with E-state index in [1.807, 2.05) is 6.07 Å². The topological polar surface area (TPSA) is 119 Å². The van der Waals surface area contributed by atoms with Gasteiger partial charge in [0.25, 0.3) is 5.91 Å². The van der Waals surface area contributed by atoms with E-state index in [1.165, 1.54) is 30.9 Å². The lowest BCUT2D eigenvalue weighted by molar-refractivity contribution is 0.102. The first-order chi connectivity index (χ1) is 14.9. The highest BCUT2D eigenvalue weighted by atomic mass is 19.1. The second-order valence-corrected chi connectivity index (χ2v) is 7.41. The van der Waals surface area contributed by atoms with Crippen molar-refractivity contribution in [3.8, 4) is 6.07 Å². The molecule has 0 atom stereocenters. The van der Waals surface area contributed by atoms with Gasteiger partial charge in [0.05, 0.1) is 23.5 Å². The molecule has 1 amide bonds. The zero-order valence-corrected chi connectivity index (χ0v) is 16.8. The molecule has 0 aliphatic rings. The molecule has 2 aromatic carbocycles. The molecule has 0 fully saturated rings. The van der Waals surface area contributed by atoms with Crippen LogP contribution in [0.1, 0.15) is 29.8 Å². The van der Waals surface area contributed by atoms with Crippen LogP contribution in [0.15, 0.2) is 55.1 Å². The number of H-pyrrole nitrogens is 1. The summed E-state index contributed by atoms with van der Waals surface area (Å²) in [4.78, 5) is 27.8. The lowest BCUT2D eigenvalue weighted by Crippen LogP contribution is -2.16. The third-order valence-electron chi connectivity index (χ3n) is 4.83. The molecule has 0 aliphatic carbocycles. The molecule has 0 spiro atoms. The first kappa shape index (κ1) is 20.0. The Balaban J connectivity index is 1.58. The highest BCUT2D eigenvalue weighted by molar-refractivity contribution is 6.05.